The van der Waals surface area contributed by atoms with Crippen LogP contribution >= 0.6 is 0 Å². The highest BCUT2D eigenvalue weighted by molar-refractivity contribution is 5.95. The van der Waals surface area contributed by atoms with E-state index in [1.807, 2.05) is 24.3 Å². The zero-order chi connectivity index (χ0) is 53.5. The molecule has 0 unspecified atom stereocenters. The van der Waals surface area contributed by atoms with Crippen molar-refractivity contribution in [2.24, 2.45) is 0 Å². The molecule has 0 saturated heterocycles. The summed E-state index contributed by atoms with van der Waals surface area (Å²) in [5.41, 5.74) is 9.32. The standard InChI is InChI=1S/C68H74O8/c1-5-7-9-11-13-15-17-19-22-51-26-30-53(31-27-51)55-34-38-57(39-35-55)65(69)75-63-44-42-59(46-49(63)3)67(71)73-61-24-21-25-62(48-61)74-68(72)60-43-45-64(50(4)47-60)76-66(70)58-40-36-56(37-41-58)54-32-28-52(29-33-54)23-20-18-16-14-12-10-8-6-2/h21,24-48H,5-20,22-23H2,1-4H3. The van der Waals surface area contributed by atoms with Crippen molar-refractivity contribution in [2.45, 2.75) is 143 Å². The number of unbranched alkanes of at least 4 members (excludes halogenated alkanes) is 14. The summed E-state index contributed by atoms with van der Waals surface area (Å²) in [6, 6.07) is 47.6. The molecule has 76 heavy (non-hydrogen) atoms. The first-order valence-electron chi connectivity index (χ1n) is 27.7. The van der Waals surface area contributed by atoms with E-state index in [0.29, 0.717) is 33.8 Å². The molecule has 0 fully saturated rings. The van der Waals surface area contributed by atoms with Crippen molar-refractivity contribution in [1.29, 1.82) is 0 Å². The number of carbonyl (C=O) groups is 4. The second-order valence-corrected chi connectivity index (χ2v) is 20.0. The van der Waals surface area contributed by atoms with Crippen LogP contribution in [0.15, 0.2) is 158 Å². The van der Waals surface area contributed by atoms with Crippen molar-refractivity contribution < 1.29 is 38.1 Å². The molecule has 0 saturated carbocycles. The maximum atomic E-state index is 13.3. The Morgan fingerprint density at radius 2 is 0.618 bits per heavy atom. The van der Waals surface area contributed by atoms with Crippen LogP contribution in [0.4, 0.5) is 0 Å². The van der Waals surface area contributed by atoms with Crippen LogP contribution in [0.25, 0.3) is 22.3 Å². The van der Waals surface area contributed by atoms with Gasteiger partial charge in [-0.05, 0) is 157 Å². The summed E-state index contributed by atoms with van der Waals surface area (Å²) in [7, 11) is 0. The van der Waals surface area contributed by atoms with E-state index >= 15 is 0 Å². The average Bonchev–Trinajstić information content (AvgIpc) is 3.44. The molecule has 0 radical (unpaired) electrons. The third-order valence-electron chi connectivity index (χ3n) is 13.9. The summed E-state index contributed by atoms with van der Waals surface area (Å²) in [5.74, 6) is -1.35. The van der Waals surface area contributed by atoms with Crippen LogP contribution in [0.5, 0.6) is 23.0 Å². The van der Waals surface area contributed by atoms with Gasteiger partial charge in [-0.15, -0.1) is 0 Å². The minimum atomic E-state index is -0.646. The van der Waals surface area contributed by atoms with Gasteiger partial charge < -0.3 is 18.9 Å². The lowest BCUT2D eigenvalue weighted by Crippen LogP contribution is -2.12. The Bertz CT molecular complexity index is 2770. The van der Waals surface area contributed by atoms with Gasteiger partial charge in [0.15, 0.2) is 0 Å². The summed E-state index contributed by atoms with van der Waals surface area (Å²) >= 11 is 0. The van der Waals surface area contributed by atoms with Crippen LogP contribution in [0.1, 0.15) is 180 Å². The molecule has 0 heterocycles. The number of aryl methyl sites for hydroxylation is 4. The van der Waals surface area contributed by atoms with Crippen molar-refractivity contribution in [3.63, 3.8) is 0 Å². The first-order valence-corrected chi connectivity index (χ1v) is 27.7. The molecule has 7 aromatic carbocycles. The van der Waals surface area contributed by atoms with E-state index in [1.54, 1.807) is 80.6 Å². The number of hydrogen-bond acceptors (Lipinski definition) is 8. The van der Waals surface area contributed by atoms with Gasteiger partial charge >= 0.3 is 23.9 Å². The molecule has 0 atom stereocenters. The third-order valence-corrected chi connectivity index (χ3v) is 13.9. The second kappa shape index (κ2) is 29.5. The van der Waals surface area contributed by atoms with Gasteiger partial charge in [-0.2, -0.15) is 0 Å². The van der Waals surface area contributed by atoms with Gasteiger partial charge in [0.25, 0.3) is 0 Å². The summed E-state index contributed by atoms with van der Waals surface area (Å²) < 4.78 is 22.8. The van der Waals surface area contributed by atoms with E-state index in [2.05, 4.69) is 62.4 Å². The second-order valence-electron chi connectivity index (χ2n) is 20.0. The summed E-state index contributed by atoms with van der Waals surface area (Å²) in [4.78, 5) is 52.9. The molecule has 0 aromatic heterocycles. The van der Waals surface area contributed by atoms with E-state index < -0.39 is 23.9 Å². The van der Waals surface area contributed by atoms with Crippen LogP contribution < -0.4 is 18.9 Å². The summed E-state index contributed by atoms with van der Waals surface area (Å²) in [6.45, 7) is 8.00. The number of carbonyl (C=O) groups excluding carboxylic acids is 4. The number of hydrogen-bond donors (Lipinski definition) is 0. The van der Waals surface area contributed by atoms with Gasteiger partial charge in [-0.3, -0.25) is 0 Å². The molecule has 0 aliphatic carbocycles. The van der Waals surface area contributed by atoms with Gasteiger partial charge in [0.2, 0.25) is 0 Å². The Labute approximate surface area is 450 Å². The summed E-state index contributed by atoms with van der Waals surface area (Å²) in [5, 5.41) is 0. The summed E-state index contributed by atoms with van der Waals surface area (Å²) in [6.07, 6.45) is 23.1. The number of benzene rings is 7. The Morgan fingerprint density at radius 1 is 0.316 bits per heavy atom. The SMILES string of the molecule is CCCCCCCCCCc1ccc(-c2ccc(C(=O)Oc3ccc(C(=O)Oc4cccc(OC(=O)c5ccc(OC(=O)c6ccc(-c7ccc(CCCCCCCCCC)cc7)cc6)c(C)c5)c4)cc3C)cc2)cc1. The predicted molar refractivity (Wildman–Crippen MR) is 305 cm³/mol. The van der Waals surface area contributed by atoms with Gasteiger partial charge in [-0.25, -0.2) is 19.2 Å². The fourth-order valence-electron chi connectivity index (χ4n) is 9.28. The largest absolute Gasteiger partial charge is 0.423 e. The quantitative estimate of drug-likeness (QED) is 0.0271. The van der Waals surface area contributed by atoms with Gasteiger partial charge in [0.05, 0.1) is 22.3 Å². The molecule has 0 bridgehead atoms. The highest BCUT2D eigenvalue weighted by atomic mass is 16.6. The lowest BCUT2D eigenvalue weighted by Gasteiger charge is -2.11. The molecule has 8 nitrogen and oxygen atoms in total. The van der Waals surface area contributed by atoms with Crippen LogP contribution in [-0.4, -0.2) is 23.9 Å². The van der Waals surface area contributed by atoms with E-state index in [9.17, 15) is 19.2 Å². The van der Waals surface area contributed by atoms with E-state index in [-0.39, 0.29) is 22.6 Å². The molecule has 7 rings (SSSR count). The smallest absolute Gasteiger partial charge is 0.343 e. The number of ether oxygens (including phenoxy) is 4. The maximum absolute atomic E-state index is 13.3. The van der Waals surface area contributed by atoms with Crippen LogP contribution in [-0.2, 0) is 12.8 Å². The Morgan fingerprint density at radius 3 is 0.961 bits per heavy atom. The van der Waals surface area contributed by atoms with Gasteiger partial charge in [-0.1, -0.05) is 183 Å². The molecular formula is C68H74O8. The highest BCUT2D eigenvalue weighted by Crippen LogP contribution is 2.28. The van der Waals surface area contributed by atoms with Gasteiger partial charge in [0, 0.05) is 6.07 Å². The van der Waals surface area contributed by atoms with Crippen molar-refractivity contribution >= 4 is 23.9 Å². The minimum absolute atomic E-state index is 0.162. The first-order chi connectivity index (χ1) is 37.1. The Hall–Kier alpha value is -7.58. The zero-order valence-corrected chi connectivity index (χ0v) is 45.0. The first kappa shape index (κ1) is 56.2. The van der Waals surface area contributed by atoms with Crippen LogP contribution in [0.3, 0.4) is 0 Å². The van der Waals surface area contributed by atoms with Crippen molar-refractivity contribution in [3.8, 4) is 45.3 Å². The monoisotopic (exact) mass is 1020 g/mol. The molecule has 0 spiro atoms. The molecule has 0 aliphatic rings. The van der Waals surface area contributed by atoms with Crippen molar-refractivity contribution in [2.75, 3.05) is 0 Å². The molecule has 7 aromatic rings. The highest BCUT2D eigenvalue weighted by Gasteiger charge is 2.18. The van der Waals surface area contributed by atoms with E-state index in [1.165, 1.54) is 132 Å². The fourth-order valence-corrected chi connectivity index (χ4v) is 9.28. The maximum Gasteiger partial charge on any atom is 0.343 e. The molecule has 0 N–H and O–H groups in total. The van der Waals surface area contributed by atoms with Crippen molar-refractivity contribution in [1.82, 2.24) is 0 Å². The predicted octanol–water partition coefficient (Wildman–Crippen LogP) is 17.9. The van der Waals surface area contributed by atoms with Gasteiger partial charge in [0.1, 0.15) is 23.0 Å². The molecule has 0 aliphatic heterocycles. The molecule has 394 valence electrons. The Balaban J connectivity index is 0.842. The molecular weight excluding hydrogens is 945 g/mol. The topological polar surface area (TPSA) is 105 Å². The Kier molecular flexibility index (Phi) is 21.8. The molecule has 0 amide bonds. The fraction of sp³-hybridized carbons (Fsp3) is 0.324. The average molecular weight is 1020 g/mol. The van der Waals surface area contributed by atoms with Crippen LogP contribution in [0.2, 0.25) is 0 Å². The lowest BCUT2D eigenvalue weighted by atomic mass is 10.00. The number of rotatable bonds is 28. The third kappa shape index (κ3) is 17.2. The molecule has 8 heteroatoms. The zero-order valence-electron chi connectivity index (χ0n) is 45.0. The normalized spacial score (nSPS) is 11.0. The van der Waals surface area contributed by atoms with Crippen molar-refractivity contribution in [3.05, 3.63) is 202 Å². The van der Waals surface area contributed by atoms with E-state index in [0.717, 1.165) is 35.1 Å². The van der Waals surface area contributed by atoms with Crippen LogP contribution in [0, 0.1) is 13.8 Å². The lowest BCUT2D eigenvalue weighted by molar-refractivity contribution is 0.0722. The van der Waals surface area contributed by atoms with E-state index in [4.69, 9.17) is 18.9 Å². The number of esters is 4. The minimum Gasteiger partial charge on any atom is -0.423 e.